The fourth-order valence-corrected chi connectivity index (χ4v) is 5.95. The maximum absolute atomic E-state index is 13.1. The first-order valence-corrected chi connectivity index (χ1v) is 12.5. The third-order valence-electron chi connectivity index (χ3n) is 6.84. The monoisotopic (exact) mass is 444 g/mol. The molecule has 164 valence electrons. The zero-order chi connectivity index (χ0) is 22.5. The van der Waals surface area contributed by atoms with Gasteiger partial charge >= 0.3 is 0 Å². The molecule has 5 rings (SSSR count). The Kier molecular flexibility index (Phi) is 5.09. The quantitative estimate of drug-likeness (QED) is 0.468. The van der Waals surface area contributed by atoms with Crippen LogP contribution in [0, 0.1) is 26.7 Å². The minimum Gasteiger partial charge on any atom is -0.378 e. The van der Waals surface area contributed by atoms with E-state index in [0.29, 0.717) is 16.5 Å². The Bertz CT molecular complexity index is 1310. The van der Waals surface area contributed by atoms with Gasteiger partial charge in [0.25, 0.3) is 10.0 Å². The second kappa shape index (κ2) is 7.82. The van der Waals surface area contributed by atoms with Gasteiger partial charge < -0.3 is 5.32 Å². The minimum absolute atomic E-state index is 0.203. The molecule has 0 bridgehead atoms. The van der Waals surface area contributed by atoms with Gasteiger partial charge in [-0.3, -0.25) is 4.72 Å². The van der Waals surface area contributed by atoms with Crippen molar-refractivity contribution in [3.8, 4) is 0 Å². The third kappa shape index (κ3) is 3.71. The van der Waals surface area contributed by atoms with E-state index in [0.717, 1.165) is 28.8 Å². The van der Waals surface area contributed by atoms with E-state index in [9.17, 15) is 8.42 Å². The molecule has 2 N–H and O–H groups in total. The molecule has 1 aliphatic carbocycles. The predicted molar refractivity (Wildman–Crippen MR) is 131 cm³/mol. The van der Waals surface area contributed by atoms with E-state index in [1.807, 2.05) is 44.2 Å². The topological polar surface area (TPSA) is 58.2 Å². The molecule has 0 aromatic heterocycles. The van der Waals surface area contributed by atoms with Crippen molar-refractivity contribution in [3.05, 3.63) is 101 Å². The molecule has 0 spiro atoms. The number of rotatable bonds is 4. The van der Waals surface area contributed by atoms with Gasteiger partial charge in [0.1, 0.15) is 0 Å². The van der Waals surface area contributed by atoms with Gasteiger partial charge in [0.2, 0.25) is 0 Å². The van der Waals surface area contributed by atoms with Gasteiger partial charge in [-0.1, -0.05) is 48.0 Å². The molecule has 0 fully saturated rings. The Morgan fingerprint density at radius 1 is 0.906 bits per heavy atom. The fraction of sp³-hybridized carbons (Fsp3) is 0.259. The summed E-state index contributed by atoms with van der Waals surface area (Å²) in [6.45, 7) is 6.09. The van der Waals surface area contributed by atoms with Crippen LogP contribution in [-0.4, -0.2) is 8.42 Å². The Balaban J connectivity index is 1.48. The molecular formula is C27H28N2O2S. The van der Waals surface area contributed by atoms with E-state index in [4.69, 9.17) is 0 Å². The molecule has 0 saturated heterocycles. The standard InChI is InChI=1S/C27H28N2O2S/c1-17-7-10-20(11-8-17)27-24-6-4-5-23(24)25-16-22(13-14-26(25)28-27)32(30,31)29-21-12-9-18(2)19(3)15-21/h4-5,7-16,23-24,27-29H,6H2,1-3H3. The van der Waals surface area contributed by atoms with Gasteiger partial charge in [0.15, 0.2) is 0 Å². The molecule has 1 heterocycles. The molecule has 1 aliphatic heterocycles. The number of anilines is 2. The normalized spacial score (nSPS) is 21.5. The van der Waals surface area contributed by atoms with Crippen LogP contribution in [0.4, 0.5) is 11.4 Å². The van der Waals surface area contributed by atoms with Crippen molar-refractivity contribution < 1.29 is 8.42 Å². The second-order valence-electron chi connectivity index (χ2n) is 9.04. The molecule has 4 nitrogen and oxygen atoms in total. The lowest BCUT2D eigenvalue weighted by atomic mass is 9.77. The zero-order valence-electron chi connectivity index (χ0n) is 18.6. The average Bonchev–Trinajstić information content (AvgIpc) is 3.26. The summed E-state index contributed by atoms with van der Waals surface area (Å²) in [7, 11) is -3.68. The number of allylic oxidation sites excluding steroid dienone is 2. The lowest BCUT2D eigenvalue weighted by Crippen LogP contribution is -2.29. The predicted octanol–water partition coefficient (Wildman–Crippen LogP) is 6.24. The van der Waals surface area contributed by atoms with E-state index in [2.05, 4.69) is 53.4 Å². The van der Waals surface area contributed by atoms with E-state index in [1.165, 1.54) is 11.1 Å². The maximum Gasteiger partial charge on any atom is 0.261 e. The lowest BCUT2D eigenvalue weighted by molar-refractivity contribution is 0.425. The van der Waals surface area contributed by atoms with Gasteiger partial charge in [-0.05, 0) is 85.7 Å². The Labute approximate surface area is 190 Å². The Hall–Kier alpha value is -3.05. The number of nitrogens with one attached hydrogen (secondary N) is 2. The van der Waals surface area contributed by atoms with Gasteiger partial charge in [0, 0.05) is 17.3 Å². The number of benzene rings is 3. The van der Waals surface area contributed by atoms with E-state index >= 15 is 0 Å². The highest BCUT2D eigenvalue weighted by Gasteiger charge is 2.38. The van der Waals surface area contributed by atoms with Gasteiger partial charge in [0.05, 0.1) is 10.9 Å². The third-order valence-corrected chi connectivity index (χ3v) is 8.22. The molecule has 3 unspecified atom stereocenters. The number of hydrogen-bond acceptors (Lipinski definition) is 3. The smallest absolute Gasteiger partial charge is 0.261 e. The van der Waals surface area contributed by atoms with Crippen LogP contribution in [-0.2, 0) is 10.0 Å². The van der Waals surface area contributed by atoms with Crippen LogP contribution in [0.5, 0.6) is 0 Å². The van der Waals surface area contributed by atoms with Crippen molar-refractivity contribution in [2.24, 2.45) is 5.92 Å². The minimum atomic E-state index is -3.68. The van der Waals surface area contributed by atoms with Crippen LogP contribution in [0.1, 0.15) is 46.2 Å². The van der Waals surface area contributed by atoms with Crippen LogP contribution in [0.2, 0.25) is 0 Å². The lowest BCUT2D eigenvalue weighted by Gasteiger charge is -2.37. The molecule has 32 heavy (non-hydrogen) atoms. The van der Waals surface area contributed by atoms with Crippen molar-refractivity contribution in [3.63, 3.8) is 0 Å². The highest BCUT2D eigenvalue weighted by Crippen LogP contribution is 2.50. The van der Waals surface area contributed by atoms with Crippen molar-refractivity contribution in [2.75, 3.05) is 10.0 Å². The highest BCUT2D eigenvalue weighted by molar-refractivity contribution is 7.92. The number of hydrogen-bond donors (Lipinski definition) is 2. The van der Waals surface area contributed by atoms with Crippen molar-refractivity contribution in [2.45, 2.75) is 44.0 Å². The van der Waals surface area contributed by atoms with Crippen molar-refractivity contribution in [1.82, 2.24) is 0 Å². The van der Waals surface area contributed by atoms with E-state index < -0.39 is 10.0 Å². The first-order valence-electron chi connectivity index (χ1n) is 11.1. The van der Waals surface area contributed by atoms with E-state index in [1.54, 1.807) is 6.07 Å². The first kappa shape index (κ1) is 20.8. The van der Waals surface area contributed by atoms with Crippen molar-refractivity contribution in [1.29, 1.82) is 0 Å². The first-order chi connectivity index (χ1) is 15.3. The number of sulfonamides is 1. The molecule has 3 aromatic rings. The van der Waals surface area contributed by atoms with Gasteiger partial charge in [-0.2, -0.15) is 0 Å². The average molecular weight is 445 g/mol. The summed E-state index contributed by atoms with van der Waals surface area (Å²) >= 11 is 0. The number of aryl methyl sites for hydroxylation is 3. The summed E-state index contributed by atoms with van der Waals surface area (Å²) in [6, 6.07) is 20.0. The van der Waals surface area contributed by atoms with E-state index in [-0.39, 0.29) is 12.0 Å². The van der Waals surface area contributed by atoms with Crippen LogP contribution >= 0.6 is 0 Å². The SMILES string of the molecule is Cc1ccc(C2Nc3ccc(S(=O)(=O)Nc4ccc(C)c(C)c4)cc3C3C=CCC32)cc1. The van der Waals surface area contributed by atoms with Gasteiger partial charge in [-0.15, -0.1) is 0 Å². The van der Waals surface area contributed by atoms with Gasteiger partial charge in [-0.25, -0.2) is 8.42 Å². The maximum atomic E-state index is 13.1. The molecule has 5 heteroatoms. The summed E-state index contributed by atoms with van der Waals surface area (Å²) in [6.07, 6.45) is 5.44. The fourth-order valence-electron chi connectivity index (χ4n) is 4.86. The zero-order valence-corrected chi connectivity index (χ0v) is 19.4. The second-order valence-corrected chi connectivity index (χ2v) is 10.7. The van der Waals surface area contributed by atoms with Crippen molar-refractivity contribution >= 4 is 21.4 Å². The highest BCUT2D eigenvalue weighted by atomic mass is 32.2. The molecule has 3 atom stereocenters. The molecular weight excluding hydrogens is 416 g/mol. The molecule has 0 amide bonds. The molecule has 0 saturated carbocycles. The van der Waals surface area contributed by atoms with Crippen LogP contribution in [0.25, 0.3) is 0 Å². The summed E-state index contributed by atoms with van der Waals surface area (Å²) < 4.78 is 29.0. The largest absolute Gasteiger partial charge is 0.378 e. The summed E-state index contributed by atoms with van der Waals surface area (Å²) in [5, 5.41) is 3.69. The van der Waals surface area contributed by atoms with Crippen LogP contribution < -0.4 is 10.0 Å². The summed E-state index contributed by atoms with van der Waals surface area (Å²) in [5.74, 6) is 0.574. The van der Waals surface area contributed by atoms with Crippen LogP contribution in [0.3, 0.4) is 0 Å². The molecule has 2 aliphatic rings. The molecule has 0 radical (unpaired) electrons. The van der Waals surface area contributed by atoms with Crippen LogP contribution in [0.15, 0.2) is 77.7 Å². The molecule has 3 aromatic carbocycles. The summed E-state index contributed by atoms with van der Waals surface area (Å²) in [5.41, 5.74) is 7.35. The Morgan fingerprint density at radius 3 is 2.44 bits per heavy atom. The number of fused-ring (bicyclic) bond motifs is 3. The summed E-state index contributed by atoms with van der Waals surface area (Å²) in [4.78, 5) is 0.295. The Morgan fingerprint density at radius 2 is 1.69 bits per heavy atom.